The Morgan fingerprint density at radius 2 is 1.81 bits per heavy atom. The third kappa shape index (κ3) is 5.37. The highest BCUT2D eigenvalue weighted by molar-refractivity contribution is 5.94. The third-order valence-corrected chi connectivity index (χ3v) is 2.78. The van der Waals surface area contributed by atoms with Crippen molar-refractivity contribution in [3.63, 3.8) is 0 Å². The molecule has 0 bridgehead atoms. The molecule has 0 saturated heterocycles. The summed E-state index contributed by atoms with van der Waals surface area (Å²) < 4.78 is 28.3. The maximum Gasteiger partial charge on any atom is 0.387 e. The topological polar surface area (TPSA) is 66.8 Å². The highest BCUT2D eigenvalue weighted by atomic mass is 19.3. The molecule has 0 atom stereocenters. The summed E-state index contributed by atoms with van der Waals surface area (Å²) in [4.78, 5) is 24.3. The van der Waals surface area contributed by atoms with Crippen LogP contribution in [0.15, 0.2) is 24.3 Å². The van der Waals surface area contributed by atoms with Crippen LogP contribution in [-0.2, 0) is 4.79 Å². The van der Waals surface area contributed by atoms with E-state index in [4.69, 9.17) is 5.11 Å². The van der Waals surface area contributed by atoms with Gasteiger partial charge in [0, 0.05) is 18.2 Å². The molecule has 0 heterocycles. The number of carboxylic acid groups (broad SMARTS) is 1. The lowest BCUT2D eigenvalue weighted by Crippen LogP contribution is -2.38. The van der Waals surface area contributed by atoms with E-state index in [9.17, 15) is 18.4 Å². The van der Waals surface area contributed by atoms with Gasteiger partial charge in [0.25, 0.3) is 5.91 Å². The van der Waals surface area contributed by atoms with Crippen LogP contribution >= 0.6 is 0 Å². The summed E-state index contributed by atoms with van der Waals surface area (Å²) in [5.74, 6) is -1.38. The van der Waals surface area contributed by atoms with Crippen LogP contribution in [-0.4, -0.2) is 41.1 Å². The lowest BCUT2D eigenvalue weighted by Gasteiger charge is -2.26. The number of hydrogen-bond acceptors (Lipinski definition) is 3. The Morgan fingerprint density at radius 1 is 1.24 bits per heavy atom. The van der Waals surface area contributed by atoms with Crippen LogP contribution in [0.4, 0.5) is 8.78 Å². The van der Waals surface area contributed by atoms with Crippen molar-refractivity contribution < 1.29 is 28.2 Å². The van der Waals surface area contributed by atoms with E-state index in [0.717, 1.165) is 0 Å². The molecule has 0 aliphatic carbocycles. The molecule has 0 aliphatic heterocycles. The highest BCUT2D eigenvalue weighted by Crippen LogP contribution is 2.17. The number of carbonyl (C=O) groups excluding carboxylic acids is 1. The number of halogens is 2. The molecule has 1 aromatic rings. The summed E-state index contributed by atoms with van der Waals surface area (Å²) in [5.41, 5.74) is 0.288. The van der Waals surface area contributed by atoms with Crippen molar-refractivity contribution in [1.29, 1.82) is 0 Å². The molecule has 1 amide bonds. The molecule has 1 N–H and O–H groups in total. The maximum absolute atomic E-state index is 12.3. The highest BCUT2D eigenvalue weighted by Gasteiger charge is 2.19. The first-order valence-corrected chi connectivity index (χ1v) is 6.39. The van der Waals surface area contributed by atoms with Crippen molar-refractivity contribution in [3.05, 3.63) is 29.8 Å². The normalized spacial score (nSPS) is 10.8. The van der Waals surface area contributed by atoms with Gasteiger partial charge in [0.2, 0.25) is 0 Å². The number of ether oxygens (including phenoxy) is 1. The largest absolute Gasteiger partial charge is 0.481 e. The summed E-state index contributed by atoms with van der Waals surface area (Å²) in [6.45, 7) is 0.706. The molecule has 7 heteroatoms. The zero-order valence-electron chi connectivity index (χ0n) is 11.8. The fourth-order valence-electron chi connectivity index (χ4n) is 1.76. The van der Waals surface area contributed by atoms with Crippen LogP contribution in [0.5, 0.6) is 5.75 Å². The molecule has 21 heavy (non-hydrogen) atoms. The number of alkyl halides is 2. The van der Waals surface area contributed by atoms with Crippen molar-refractivity contribution in [2.45, 2.75) is 32.9 Å². The van der Waals surface area contributed by atoms with Crippen molar-refractivity contribution in [1.82, 2.24) is 4.90 Å². The van der Waals surface area contributed by atoms with Crippen LogP contribution in [0.25, 0.3) is 0 Å². The quantitative estimate of drug-likeness (QED) is 0.840. The van der Waals surface area contributed by atoms with E-state index in [0.29, 0.717) is 0 Å². The zero-order chi connectivity index (χ0) is 16.0. The van der Waals surface area contributed by atoms with Gasteiger partial charge in [-0.05, 0) is 38.1 Å². The van der Waals surface area contributed by atoms with Gasteiger partial charge in [0.1, 0.15) is 5.75 Å². The molecular formula is C14H17F2NO4. The van der Waals surface area contributed by atoms with Gasteiger partial charge in [-0.1, -0.05) is 0 Å². The minimum absolute atomic E-state index is 0.0387. The first-order valence-electron chi connectivity index (χ1n) is 6.39. The fourth-order valence-corrected chi connectivity index (χ4v) is 1.76. The summed E-state index contributed by atoms with van der Waals surface area (Å²) in [6.07, 6.45) is -0.156. The predicted octanol–water partition coefficient (Wildman–Crippen LogP) is 2.61. The number of carbonyl (C=O) groups is 2. The first kappa shape index (κ1) is 16.9. The molecule has 1 aromatic carbocycles. The van der Waals surface area contributed by atoms with Crippen LogP contribution in [0.1, 0.15) is 30.6 Å². The predicted molar refractivity (Wildman–Crippen MR) is 71.5 cm³/mol. The molecule has 1 rings (SSSR count). The lowest BCUT2D eigenvalue weighted by molar-refractivity contribution is -0.137. The van der Waals surface area contributed by atoms with Crippen LogP contribution < -0.4 is 4.74 Å². The van der Waals surface area contributed by atoms with E-state index in [2.05, 4.69) is 4.74 Å². The van der Waals surface area contributed by atoms with E-state index in [-0.39, 0.29) is 36.2 Å². The van der Waals surface area contributed by atoms with Gasteiger partial charge >= 0.3 is 12.6 Å². The number of rotatable bonds is 7. The number of carboxylic acids is 1. The standard InChI is InChI=1S/C14H17F2NO4/c1-9(2)17(8-7-12(18)19)13(20)10-3-5-11(6-4-10)21-14(15)16/h3-6,9,14H,7-8H2,1-2H3,(H,18,19). The van der Waals surface area contributed by atoms with Gasteiger partial charge in [-0.15, -0.1) is 0 Å². The van der Waals surface area contributed by atoms with Gasteiger partial charge in [0.15, 0.2) is 0 Å². The second-order valence-corrected chi connectivity index (χ2v) is 4.64. The Kier molecular flexibility index (Phi) is 6.08. The molecule has 0 radical (unpaired) electrons. The molecule has 0 spiro atoms. The number of hydrogen-bond donors (Lipinski definition) is 1. The van der Waals surface area contributed by atoms with E-state index < -0.39 is 12.6 Å². The van der Waals surface area contributed by atoms with Crippen molar-refractivity contribution in [3.8, 4) is 5.75 Å². The Hall–Kier alpha value is -2.18. The molecular weight excluding hydrogens is 284 g/mol. The van der Waals surface area contributed by atoms with Gasteiger partial charge in [-0.25, -0.2) is 0 Å². The maximum atomic E-state index is 12.3. The molecule has 116 valence electrons. The molecule has 5 nitrogen and oxygen atoms in total. The number of amides is 1. The Morgan fingerprint density at radius 3 is 2.24 bits per heavy atom. The smallest absolute Gasteiger partial charge is 0.387 e. The summed E-state index contributed by atoms with van der Waals surface area (Å²) >= 11 is 0. The number of benzene rings is 1. The summed E-state index contributed by atoms with van der Waals surface area (Å²) in [7, 11) is 0. The zero-order valence-corrected chi connectivity index (χ0v) is 11.8. The minimum Gasteiger partial charge on any atom is -0.481 e. The fraction of sp³-hybridized carbons (Fsp3) is 0.429. The van der Waals surface area contributed by atoms with Crippen LogP contribution in [0.2, 0.25) is 0 Å². The number of aliphatic carboxylic acids is 1. The van der Waals surface area contributed by atoms with Crippen molar-refractivity contribution >= 4 is 11.9 Å². The van der Waals surface area contributed by atoms with Gasteiger partial charge in [0.05, 0.1) is 6.42 Å². The van der Waals surface area contributed by atoms with E-state index in [1.165, 1.54) is 29.2 Å². The van der Waals surface area contributed by atoms with Crippen LogP contribution in [0.3, 0.4) is 0 Å². The summed E-state index contributed by atoms with van der Waals surface area (Å²) in [6, 6.07) is 5.12. The SMILES string of the molecule is CC(C)N(CCC(=O)O)C(=O)c1ccc(OC(F)F)cc1. The van der Waals surface area contributed by atoms with Crippen LogP contribution in [0, 0.1) is 0 Å². The molecule has 0 fully saturated rings. The molecule has 0 saturated carbocycles. The average Bonchev–Trinajstić information content (AvgIpc) is 2.38. The van der Waals surface area contributed by atoms with E-state index >= 15 is 0 Å². The van der Waals surface area contributed by atoms with Gasteiger partial charge < -0.3 is 14.7 Å². The molecule has 0 unspecified atom stereocenters. The summed E-state index contributed by atoms with van der Waals surface area (Å²) in [5, 5.41) is 8.69. The third-order valence-electron chi connectivity index (χ3n) is 2.78. The van der Waals surface area contributed by atoms with Crippen molar-refractivity contribution in [2.24, 2.45) is 0 Å². The average molecular weight is 301 g/mol. The lowest BCUT2D eigenvalue weighted by atomic mass is 10.1. The second kappa shape index (κ2) is 7.56. The Bertz CT molecular complexity index is 488. The Labute approximate surface area is 121 Å². The van der Waals surface area contributed by atoms with E-state index in [1.54, 1.807) is 13.8 Å². The number of nitrogens with zero attached hydrogens (tertiary/aromatic N) is 1. The van der Waals surface area contributed by atoms with Gasteiger partial charge in [-0.2, -0.15) is 8.78 Å². The van der Waals surface area contributed by atoms with Crippen molar-refractivity contribution in [2.75, 3.05) is 6.54 Å². The van der Waals surface area contributed by atoms with Gasteiger partial charge in [-0.3, -0.25) is 9.59 Å². The molecule has 0 aromatic heterocycles. The monoisotopic (exact) mass is 301 g/mol. The first-order chi connectivity index (χ1) is 9.81. The second-order valence-electron chi connectivity index (χ2n) is 4.64. The molecule has 0 aliphatic rings. The Balaban J connectivity index is 2.81. The van der Waals surface area contributed by atoms with E-state index in [1.807, 2.05) is 0 Å². The minimum atomic E-state index is -2.92.